The van der Waals surface area contributed by atoms with Gasteiger partial charge >= 0.3 is 0 Å². The van der Waals surface area contributed by atoms with Crippen LogP contribution < -0.4 is 0 Å². The second kappa shape index (κ2) is 7.06. The van der Waals surface area contributed by atoms with Crippen molar-refractivity contribution in [2.24, 2.45) is 5.92 Å². The molecule has 0 heterocycles. The van der Waals surface area contributed by atoms with Gasteiger partial charge in [-0.15, -0.1) is 0 Å². The van der Waals surface area contributed by atoms with Gasteiger partial charge in [0.1, 0.15) is 6.10 Å². The molecule has 2 atom stereocenters. The van der Waals surface area contributed by atoms with E-state index in [1.54, 1.807) is 0 Å². The van der Waals surface area contributed by atoms with Crippen LogP contribution in [0.5, 0.6) is 0 Å². The van der Waals surface area contributed by atoms with Crippen molar-refractivity contribution < 1.29 is 9.78 Å². The summed E-state index contributed by atoms with van der Waals surface area (Å²) in [4.78, 5) is 11.2. The molecule has 0 saturated heterocycles. The first kappa shape index (κ1) is 16.2. The molecular formula is C17H28O2. The third-order valence-corrected chi connectivity index (χ3v) is 3.18. The molecule has 108 valence electrons. The van der Waals surface area contributed by atoms with Gasteiger partial charge in [0.15, 0.2) is 0 Å². The lowest BCUT2D eigenvalue weighted by atomic mass is 9.96. The SMILES string of the molecule is CCC(C)CC(OOC(C)(C)C)c1ccc(C)cc1. The van der Waals surface area contributed by atoms with Crippen LogP contribution in [-0.2, 0) is 9.78 Å². The summed E-state index contributed by atoms with van der Waals surface area (Å²) in [6.07, 6.45) is 2.14. The van der Waals surface area contributed by atoms with Crippen LogP contribution >= 0.6 is 0 Å². The number of rotatable bonds is 6. The summed E-state index contributed by atoms with van der Waals surface area (Å²) in [6.45, 7) is 12.6. The highest BCUT2D eigenvalue weighted by atomic mass is 17.2. The first-order valence-corrected chi connectivity index (χ1v) is 7.23. The monoisotopic (exact) mass is 264 g/mol. The molecule has 0 radical (unpaired) electrons. The smallest absolute Gasteiger partial charge is 0.118 e. The summed E-state index contributed by atoms with van der Waals surface area (Å²) < 4.78 is 0. The van der Waals surface area contributed by atoms with Gasteiger partial charge in [0.25, 0.3) is 0 Å². The summed E-state index contributed by atoms with van der Waals surface area (Å²) in [5.74, 6) is 0.620. The van der Waals surface area contributed by atoms with Gasteiger partial charge in [-0.2, -0.15) is 0 Å². The maximum absolute atomic E-state index is 5.70. The predicted molar refractivity (Wildman–Crippen MR) is 79.9 cm³/mol. The lowest BCUT2D eigenvalue weighted by molar-refractivity contribution is -0.378. The summed E-state index contributed by atoms with van der Waals surface area (Å²) in [7, 11) is 0. The number of aryl methyl sites for hydroxylation is 1. The van der Waals surface area contributed by atoms with Crippen molar-refractivity contribution in [1.82, 2.24) is 0 Å². The third-order valence-electron chi connectivity index (χ3n) is 3.18. The van der Waals surface area contributed by atoms with E-state index in [2.05, 4.69) is 45.0 Å². The minimum absolute atomic E-state index is 0.00905. The Bertz CT molecular complexity index is 362. The molecule has 0 aromatic heterocycles. The molecular weight excluding hydrogens is 236 g/mol. The first-order chi connectivity index (χ1) is 8.81. The van der Waals surface area contributed by atoms with E-state index in [0.717, 1.165) is 12.8 Å². The topological polar surface area (TPSA) is 18.5 Å². The Morgan fingerprint density at radius 2 is 1.68 bits per heavy atom. The summed E-state index contributed by atoms with van der Waals surface area (Å²) in [5, 5.41) is 0. The van der Waals surface area contributed by atoms with Crippen LogP contribution in [0.1, 0.15) is 64.7 Å². The molecule has 0 aliphatic carbocycles. The molecule has 0 aliphatic heterocycles. The average molecular weight is 264 g/mol. The largest absolute Gasteiger partial charge is 0.230 e. The lowest BCUT2D eigenvalue weighted by Crippen LogP contribution is -2.22. The molecule has 2 heteroatoms. The van der Waals surface area contributed by atoms with Crippen molar-refractivity contribution in [3.8, 4) is 0 Å². The molecule has 2 unspecified atom stereocenters. The van der Waals surface area contributed by atoms with E-state index < -0.39 is 0 Å². The molecule has 1 aromatic carbocycles. The fourth-order valence-corrected chi connectivity index (χ4v) is 1.75. The third kappa shape index (κ3) is 6.22. The van der Waals surface area contributed by atoms with Crippen LogP contribution in [0.15, 0.2) is 24.3 Å². The second-order valence-corrected chi connectivity index (χ2v) is 6.44. The van der Waals surface area contributed by atoms with E-state index in [9.17, 15) is 0 Å². The molecule has 2 nitrogen and oxygen atoms in total. The van der Waals surface area contributed by atoms with E-state index >= 15 is 0 Å². The zero-order chi connectivity index (χ0) is 14.5. The van der Waals surface area contributed by atoms with E-state index in [-0.39, 0.29) is 11.7 Å². The van der Waals surface area contributed by atoms with Gasteiger partial charge in [-0.25, -0.2) is 9.78 Å². The summed E-state index contributed by atoms with van der Waals surface area (Å²) in [6, 6.07) is 8.52. The molecule has 0 bridgehead atoms. The lowest BCUT2D eigenvalue weighted by Gasteiger charge is -2.25. The molecule has 1 rings (SSSR count). The van der Waals surface area contributed by atoms with Crippen molar-refractivity contribution in [2.75, 3.05) is 0 Å². The van der Waals surface area contributed by atoms with Crippen LogP contribution in [0.3, 0.4) is 0 Å². The Hall–Kier alpha value is -0.860. The van der Waals surface area contributed by atoms with Gasteiger partial charge in [0.2, 0.25) is 0 Å². The number of hydrogen-bond donors (Lipinski definition) is 0. The standard InChI is InChI=1S/C17H28O2/c1-7-13(2)12-16(18-19-17(4,5)6)15-10-8-14(3)9-11-15/h8-11,13,16H,7,12H2,1-6H3. The molecule has 0 aliphatic rings. The highest BCUT2D eigenvalue weighted by molar-refractivity contribution is 5.23. The minimum Gasteiger partial charge on any atom is -0.230 e. The van der Waals surface area contributed by atoms with Crippen LogP contribution in [0.2, 0.25) is 0 Å². The Balaban J connectivity index is 2.76. The Kier molecular flexibility index (Phi) is 6.02. The molecule has 0 amide bonds. The van der Waals surface area contributed by atoms with Crippen molar-refractivity contribution in [1.29, 1.82) is 0 Å². The van der Waals surface area contributed by atoms with E-state index in [1.807, 2.05) is 20.8 Å². The summed E-state index contributed by atoms with van der Waals surface area (Å²) in [5.41, 5.74) is 2.18. The maximum Gasteiger partial charge on any atom is 0.118 e. The van der Waals surface area contributed by atoms with Gasteiger partial charge in [0, 0.05) is 0 Å². The van der Waals surface area contributed by atoms with E-state index in [4.69, 9.17) is 9.78 Å². The predicted octanol–water partition coefficient (Wildman–Crippen LogP) is 5.22. The zero-order valence-electron chi connectivity index (χ0n) is 13.2. The average Bonchev–Trinajstić information content (AvgIpc) is 2.34. The Morgan fingerprint density at radius 1 is 1.11 bits per heavy atom. The maximum atomic E-state index is 5.70. The van der Waals surface area contributed by atoms with Gasteiger partial charge in [-0.3, -0.25) is 0 Å². The molecule has 1 aromatic rings. The minimum atomic E-state index is -0.279. The first-order valence-electron chi connectivity index (χ1n) is 7.23. The highest BCUT2D eigenvalue weighted by Crippen LogP contribution is 2.28. The fraction of sp³-hybridized carbons (Fsp3) is 0.647. The van der Waals surface area contributed by atoms with Gasteiger partial charge < -0.3 is 0 Å². The highest BCUT2D eigenvalue weighted by Gasteiger charge is 2.20. The Labute approximate surface area is 118 Å². The second-order valence-electron chi connectivity index (χ2n) is 6.44. The van der Waals surface area contributed by atoms with Crippen molar-refractivity contribution in [2.45, 2.75) is 66.1 Å². The van der Waals surface area contributed by atoms with Crippen LogP contribution in [0.25, 0.3) is 0 Å². The molecule has 0 fully saturated rings. The van der Waals surface area contributed by atoms with Crippen LogP contribution in [0, 0.1) is 12.8 Å². The zero-order valence-corrected chi connectivity index (χ0v) is 13.2. The number of benzene rings is 1. The van der Waals surface area contributed by atoms with Crippen LogP contribution in [-0.4, -0.2) is 5.60 Å². The van der Waals surface area contributed by atoms with E-state index in [1.165, 1.54) is 11.1 Å². The normalized spacial score (nSPS) is 15.3. The van der Waals surface area contributed by atoms with Crippen molar-refractivity contribution in [3.05, 3.63) is 35.4 Å². The quantitative estimate of drug-likeness (QED) is 0.518. The van der Waals surface area contributed by atoms with Crippen molar-refractivity contribution >= 4 is 0 Å². The summed E-state index contributed by atoms with van der Waals surface area (Å²) >= 11 is 0. The molecule has 0 spiro atoms. The molecule has 19 heavy (non-hydrogen) atoms. The fourth-order valence-electron chi connectivity index (χ4n) is 1.75. The van der Waals surface area contributed by atoms with Crippen LogP contribution in [0.4, 0.5) is 0 Å². The van der Waals surface area contributed by atoms with Gasteiger partial charge in [-0.05, 0) is 45.6 Å². The van der Waals surface area contributed by atoms with Crippen molar-refractivity contribution in [3.63, 3.8) is 0 Å². The Morgan fingerprint density at radius 3 is 2.16 bits per heavy atom. The molecule has 0 N–H and O–H groups in total. The van der Waals surface area contributed by atoms with E-state index in [0.29, 0.717) is 5.92 Å². The van der Waals surface area contributed by atoms with Gasteiger partial charge in [-0.1, -0.05) is 50.1 Å². The van der Waals surface area contributed by atoms with Gasteiger partial charge in [0.05, 0.1) is 5.60 Å². The number of hydrogen-bond acceptors (Lipinski definition) is 2. The molecule has 0 saturated carbocycles.